The lowest BCUT2D eigenvalue weighted by atomic mass is 10.1. The van der Waals surface area contributed by atoms with Crippen LogP contribution in [0.2, 0.25) is 0 Å². The second kappa shape index (κ2) is 8.53. The second-order valence-electron chi connectivity index (χ2n) is 6.38. The zero-order valence-electron chi connectivity index (χ0n) is 15.1. The Kier molecular flexibility index (Phi) is 5.68. The van der Waals surface area contributed by atoms with Gasteiger partial charge in [-0.3, -0.25) is 9.59 Å². The number of hydrogen-bond donors (Lipinski definition) is 2. The van der Waals surface area contributed by atoms with Crippen LogP contribution < -0.4 is 15.4 Å². The Bertz CT molecular complexity index is 983. The van der Waals surface area contributed by atoms with Crippen molar-refractivity contribution in [1.29, 1.82) is 0 Å². The van der Waals surface area contributed by atoms with E-state index < -0.39 is 0 Å². The van der Waals surface area contributed by atoms with Crippen LogP contribution in [0.15, 0.2) is 40.4 Å². The molecule has 1 aliphatic heterocycles. The van der Waals surface area contributed by atoms with Crippen molar-refractivity contribution < 1.29 is 14.3 Å². The number of nitrogens with one attached hydrogen (secondary N) is 2. The predicted octanol–water partition coefficient (Wildman–Crippen LogP) is 3.96. The van der Waals surface area contributed by atoms with E-state index in [0.29, 0.717) is 30.1 Å². The maximum absolute atomic E-state index is 12.1. The van der Waals surface area contributed by atoms with E-state index in [2.05, 4.69) is 21.7 Å². The summed E-state index contributed by atoms with van der Waals surface area (Å²) in [7, 11) is 0. The quantitative estimate of drug-likeness (QED) is 0.575. The summed E-state index contributed by atoms with van der Waals surface area (Å²) >= 11 is 2.89. The normalized spacial score (nSPS) is 12.3. The van der Waals surface area contributed by atoms with Crippen molar-refractivity contribution in [2.24, 2.45) is 0 Å². The fraction of sp³-hybridized carbons (Fsp3) is 0.250. The van der Waals surface area contributed by atoms with Gasteiger partial charge in [0, 0.05) is 41.3 Å². The molecule has 6 nitrogen and oxygen atoms in total. The van der Waals surface area contributed by atoms with Gasteiger partial charge >= 0.3 is 0 Å². The van der Waals surface area contributed by atoms with Gasteiger partial charge in [0.15, 0.2) is 5.13 Å². The number of aromatic nitrogens is 1. The highest BCUT2D eigenvalue weighted by atomic mass is 32.1. The van der Waals surface area contributed by atoms with Crippen LogP contribution in [-0.4, -0.2) is 29.9 Å². The molecule has 0 unspecified atom stereocenters. The summed E-state index contributed by atoms with van der Waals surface area (Å²) in [6.45, 7) is 1.19. The Balaban J connectivity index is 1.24. The number of rotatable bonds is 7. The van der Waals surface area contributed by atoms with Crippen LogP contribution >= 0.6 is 22.7 Å². The van der Waals surface area contributed by atoms with Gasteiger partial charge in [0.05, 0.1) is 12.3 Å². The molecule has 2 N–H and O–H groups in total. The van der Waals surface area contributed by atoms with E-state index in [0.717, 1.165) is 30.0 Å². The molecular weight excluding hydrogens is 394 g/mol. The summed E-state index contributed by atoms with van der Waals surface area (Å²) in [6.07, 6.45) is 1.82. The first-order chi connectivity index (χ1) is 13.7. The molecular formula is C20H19N3O3S2. The first-order valence-electron chi connectivity index (χ1n) is 9.01. The van der Waals surface area contributed by atoms with E-state index in [9.17, 15) is 9.59 Å². The van der Waals surface area contributed by atoms with Crippen molar-refractivity contribution in [3.8, 4) is 17.0 Å². The summed E-state index contributed by atoms with van der Waals surface area (Å²) in [6, 6.07) is 7.83. The van der Waals surface area contributed by atoms with Gasteiger partial charge in [-0.05, 0) is 41.6 Å². The predicted molar refractivity (Wildman–Crippen MR) is 111 cm³/mol. The average Bonchev–Trinajstić information content (AvgIpc) is 3.45. The highest BCUT2D eigenvalue weighted by molar-refractivity contribution is 7.14. The van der Waals surface area contributed by atoms with Gasteiger partial charge in [0.1, 0.15) is 5.75 Å². The molecule has 0 aliphatic carbocycles. The third-order valence-corrected chi connectivity index (χ3v) is 5.83. The van der Waals surface area contributed by atoms with Crippen LogP contribution in [-0.2, 0) is 11.2 Å². The number of thiazole rings is 1. The van der Waals surface area contributed by atoms with Crippen LogP contribution in [0, 0.1) is 0 Å². The van der Waals surface area contributed by atoms with E-state index in [1.54, 1.807) is 11.4 Å². The van der Waals surface area contributed by atoms with Crippen LogP contribution in [0.25, 0.3) is 11.3 Å². The molecule has 2 aromatic heterocycles. The number of hydrogen-bond acceptors (Lipinski definition) is 6. The van der Waals surface area contributed by atoms with Crippen molar-refractivity contribution in [2.75, 3.05) is 18.5 Å². The molecule has 8 heteroatoms. The molecule has 0 atom stereocenters. The topological polar surface area (TPSA) is 80.3 Å². The van der Waals surface area contributed by atoms with Crippen molar-refractivity contribution in [2.45, 2.75) is 19.3 Å². The van der Waals surface area contributed by atoms with Gasteiger partial charge < -0.3 is 15.4 Å². The molecule has 0 saturated carbocycles. The Hall–Kier alpha value is -2.71. The van der Waals surface area contributed by atoms with Gasteiger partial charge in [-0.1, -0.05) is 0 Å². The van der Waals surface area contributed by atoms with Gasteiger partial charge in [-0.2, -0.15) is 11.3 Å². The standard InChI is InChI=1S/C20H19N3O3S2/c24-18(2-1-7-21-19(25)15-6-9-27-11-15)23-20-22-16(12-28-20)13-3-4-17-14(10-13)5-8-26-17/h3-4,6,9-12H,1-2,5,7-8H2,(H,21,25)(H,22,23,24). The lowest BCUT2D eigenvalue weighted by molar-refractivity contribution is -0.116. The van der Waals surface area contributed by atoms with Crippen LogP contribution in [0.1, 0.15) is 28.8 Å². The molecule has 28 heavy (non-hydrogen) atoms. The number of nitrogens with zero attached hydrogens (tertiary/aromatic N) is 1. The summed E-state index contributed by atoms with van der Waals surface area (Å²) in [5.41, 5.74) is 3.72. The fourth-order valence-electron chi connectivity index (χ4n) is 2.94. The van der Waals surface area contributed by atoms with Gasteiger partial charge in [-0.25, -0.2) is 4.98 Å². The fourth-order valence-corrected chi connectivity index (χ4v) is 4.31. The van der Waals surface area contributed by atoms with Crippen LogP contribution in [0.3, 0.4) is 0 Å². The molecule has 1 aliphatic rings. The van der Waals surface area contributed by atoms with Crippen molar-refractivity contribution in [3.05, 3.63) is 51.5 Å². The van der Waals surface area contributed by atoms with E-state index >= 15 is 0 Å². The van der Waals surface area contributed by atoms with Crippen molar-refractivity contribution in [3.63, 3.8) is 0 Å². The number of carbonyl (C=O) groups excluding carboxylic acids is 2. The number of amides is 2. The van der Waals surface area contributed by atoms with E-state index in [1.165, 1.54) is 28.2 Å². The molecule has 4 rings (SSSR count). The molecule has 3 heterocycles. The maximum atomic E-state index is 12.1. The van der Waals surface area contributed by atoms with E-state index in [4.69, 9.17) is 4.74 Å². The first kappa shape index (κ1) is 18.6. The maximum Gasteiger partial charge on any atom is 0.252 e. The zero-order chi connectivity index (χ0) is 19.3. The average molecular weight is 414 g/mol. The van der Waals surface area contributed by atoms with Crippen LogP contribution in [0.5, 0.6) is 5.75 Å². The number of ether oxygens (including phenoxy) is 1. The zero-order valence-corrected chi connectivity index (χ0v) is 16.7. The molecule has 0 bridgehead atoms. The Labute approximate surface area is 170 Å². The summed E-state index contributed by atoms with van der Waals surface area (Å²) in [5, 5.41) is 11.8. The molecule has 1 aromatic carbocycles. The van der Waals surface area contributed by atoms with Gasteiger partial charge in [-0.15, -0.1) is 11.3 Å². The molecule has 0 fully saturated rings. The van der Waals surface area contributed by atoms with Crippen molar-refractivity contribution >= 4 is 39.6 Å². The number of fused-ring (bicyclic) bond motifs is 1. The SMILES string of the molecule is O=C(CCCNC(=O)c1ccsc1)Nc1nc(-c2ccc3c(c2)CCO3)cs1. The number of thiophene rings is 1. The third kappa shape index (κ3) is 4.40. The van der Waals surface area contributed by atoms with Crippen molar-refractivity contribution in [1.82, 2.24) is 10.3 Å². The Morgan fingerprint density at radius 2 is 2.14 bits per heavy atom. The molecule has 3 aromatic rings. The van der Waals surface area contributed by atoms with E-state index in [-0.39, 0.29) is 11.8 Å². The smallest absolute Gasteiger partial charge is 0.252 e. The Morgan fingerprint density at radius 1 is 1.21 bits per heavy atom. The molecule has 0 radical (unpaired) electrons. The number of carbonyl (C=O) groups is 2. The van der Waals surface area contributed by atoms with Gasteiger partial charge in [0.2, 0.25) is 5.91 Å². The summed E-state index contributed by atoms with van der Waals surface area (Å²) < 4.78 is 5.53. The molecule has 2 amide bonds. The molecule has 144 valence electrons. The van der Waals surface area contributed by atoms with Crippen LogP contribution in [0.4, 0.5) is 5.13 Å². The largest absolute Gasteiger partial charge is 0.493 e. The third-order valence-electron chi connectivity index (χ3n) is 4.39. The first-order valence-corrected chi connectivity index (χ1v) is 10.8. The minimum atomic E-state index is -0.106. The number of benzene rings is 1. The molecule has 0 saturated heterocycles. The summed E-state index contributed by atoms with van der Waals surface area (Å²) in [4.78, 5) is 28.5. The number of anilines is 1. The highest BCUT2D eigenvalue weighted by Crippen LogP contribution is 2.31. The lowest BCUT2D eigenvalue weighted by Gasteiger charge is -2.04. The highest BCUT2D eigenvalue weighted by Gasteiger charge is 2.14. The lowest BCUT2D eigenvalue weighted by Crippen LogP contribution is -2.25. The minimum absolute atomic E-state index is 0.104. The van der Waals surface area contributed by atoms with Gasteiger partial charge in [0.25, 0.3) is 5.91 Å². The second-order valence-corrected chi connectivity index (χ2v) is 8.02. The monoisotopic (exact) mass is 413 g/mol. The minimum Gasteiger partial charge on any atom is -0.493 e. The van der Waals surface area contributed by atoms with E-state index in [1.807, 2.05) is 22.9 Å². The Morgan fingerprint density at radius 3 is 3.00 bits per heavy atom. The summed E-state index contributed by atoms with van der Waals surface area (Å²) in [5.74, 6) is 0.734. The molecule has 0 spiro atoms.